The molecule has 1 aliphatic rings. The van der Waals surface area contributed by atoms with Crippen molar-refractivity contribution >= 4 is 33.5 Å². The highest BCUT2D eigenvalue weighted by molar-refractivity contribution is 14.1. The van der Waals surface area contributed by atoms with Gasteiger partial charge in [-0.15, -0.1) is 0 Å². The van der Waals surface area contributed by atoms with Crippen LogP contribution in [0.25, 0.3) is 10.9 Å². The Hall–Kier alpha value is -0.750. The molecule has 2 aromatic rings. The SMILES string of the molecule is OC[C@@]1(I)O[C@@H](O)[C@H](O)[C@](O)(c2cc3ccccc3[nH]2)[C@H]1O. The van der Waals surface area contributed by atoms with Crippen molar-refractivity contribution < 1.29 is 30.3 Å². The molecule has 1 aliphatic heterocycles. The number of aromatic nitrogens is 1. The molecule has 0 spiro atoms. The monoisotopic (exact) mass is 421 g/mol. The van der Waals surface area contributed by atoms with Gasteiger partial charge in [0, 0.05) is 5.52 Å². The molecule has 0 saturated carbocycles. The lowest BCUT2D eigenvalue weighted by Crippen LogP contribution is -2.68. The lowest BCUT2D eigenvalue weighted by Gasteiger charge is -2.49. The van der Waals surface area contributed by atoms with Crippen LogP contribution in [0.1, 0.15) is 5.69 Å². The number of H-pyrrole nitrogens is 1. The number of rotatable bonds is 2. The van der Waals surface area contributed by atoms with Crippen molar-refractivity contribution in [2.24, 2.45) is 0 Å². The van der Waals surface area contributed by atoms with Crippen molar-refractivity contribution in [1.29, 1.82) is 0 Å². The van der Waals surface area contributed by atoms with Crippen molar-refractivity contribution in [2.75, 3.05) is 6.61 Å². The van der Waals surface area contributed by atoms with Gasteiger partial charge in [0.25, 0.3) is 0 Å². The number of nitrogens with one attached hydrogen (secondary N) is 1. The van der Waals surface area contributed by atoms with E-state index in [-0.39, 0.29) is 5.69 Å². The molecule has 6 N–H and O–H groups in total. The summed E-state index contributed by atoms with van der Waals surface area (Å²) in [6.07, 6.45) is -5.22. The Bertz CT molecular complexity index is 660. The molecule has 0 unspecified atom stereocenters. The van der Waals surface area contributed by atoms with Crippen LogP contribution in [0.3, 0.4) is 0 Å². The van der Waals surface area contributed by atoms with Crippen molar-refractivity contribution in [3.05, 3.63) is 36.0 Å². The van der Waals surface area contributed by atoms with E-state index in [2.05, 4.69) is 4.98 Å². The topological polar surface area (TPSA) is 126 Å². The smallest absolute Gasteiger partial charge is 0.186 e. The minimum absolute atomic E-state index is 0.130. The summed E-state index contributed by atoms with van der Waals surface area (Å²) >= 11 is 1.61. The zero-order valence-electron chi connectivity index (χ0n) is 11.3. The van der Waals surface area contributed by atoms with E-state index in [0.717, 1.165) is 5.39 Å². The average Bonchev–Trinajstić information content (AvgIpc) is 2.95. The normalized spacial score (nSPS) is 39.3. The molecule has 1 saturated heterocycles. The molecule has 1 fully saturated rings. The third-order valence-electron chi connectivity index (χ3n) is 4.04. The van der Waals surface area contributed by atoms with Gasteiger partial charge in [-0.05, 0) is 40.1 Å². The molecule has 0 radical (unpaired) electrons. The maximum absolute atomic E-state index is 10.9. The van der Waals surface area contributed by atoms with Crippen LogP contribution in [0.4, 0.5) is 0 Å². The third-order valence-corrected chi connectivity index (χ3v) is 5.23. The number of ether oxygens (including phenoxy) is 1. The molecule has 1 aromatic carbocycles. The Balaban J connectivity index is 2.15. The standard InChI is InChI=1S/C14H16INO6/c15-13(6-17)12(20)14(21,10(18)11(19)22-13)9-5-7-3-1-2-4-8(7)16-9/h1-5,10-12,16-21H,6H2/t10-,11+,12-,13+,14+/m0/s1. The summed E-state index contributed by atoms with van der Waals surface area (Å²) in [6.45, 7) is -0.652. The molecule has 5 atom stereocenters. The highest BCUT2D eigenvalue weighted by Gasteiger charge is 2.62. The zero-order chi connectivity index (χ0) is 16.1. The van der Waals surface area contributed by atoms with E-state index in [0.29, 0.717) is 5.52 Å². The highest BCUT2D eigenvalue weighted by atomic mass is 127. The maximum atomic E-state index is 10.9. The number of alkyl halides is 1. The molecule has 22 heavy (non-hydrogen) atoms. The van der Waals surface area contributed by atoms with Gasteiger partial charge in [0.15, 0.2) is 15.5 Å². The number of aliphatic hydroxyl groups is 5. The quantitative estimate of drug-likeness (QED) is 0.288. The second-order valence-electron chi connectivity index (χ2n) is 5.40. The number of aromatic amines is 1. The summed E-state index contributed by atoms with van der Waals surface area (Å²) in [4.78, 5) is 2.93. The first-order chi connectivity index (χ1) is 10.3. The molecule has 1 aromatic heterocycles. The van der Waals surface area contributed by atoms with Crippen molar-refractivity contribution in [2.45, 2.75) is 27.7 Å². The number of aliphatic hydroxyl groups excluding tert-OH is 4. The fourth-order valence-electron chi connectivity index (χ4n) is 2.76. The van der Waals surface area contributed by atoms with Crippen LogP contribution >= 0.6 is 22.6 Å². The average molecular weight is 421 g/mol. The number of hydrogen-bond donors (Lipinski definition) is 6. The molecule has 0 bridgehead atoms. The van der Waals surface area contributed by atoms with E-state index in [4.69, 9.17) is 4.74 Å². The summed E-state index contributed by atoms with van der Waals surface area (Å²) in [7, 11) is 0. The lowest BCUT2D eigenvalue weighted by molar-refractivity contribution is -0.332. The fourth-order valence-corrected chi connectivity index (χ4v) is 3.49. The number of halogens is 1. The summed E-state index contributed by atoms with van der Waals surface area (Å²) in [6, 6.07) is 8.77. The van der Waals surface area contributed by atoms with E-state index in [9.17, 15) is 25.5 Å². The number of para-hydroxylation sites is 1. The third kappa shape index (κ3) is 2.18. The van der Waals surface area contributed by atoms with Gasteiger partial charge in [-0.25, -0.2) is 0 Å². The van der Waals surface area contributed by atoms with Crippen LogP contribution in [0.15, 0.2) is 30.3 Å². The van der Waals surface area contributed by atoms with Gasteiger partial charge in [-0.1, -0.05) is 18.2 Å². The first-order valence-electron chi connectivity index (χ1n) is 6.65. The summed E-state index contributed by atoms with van der Waals surface area (Å²) < 4.78 is 3.41. The molecule has 8 heteroatoms. The van der Waals surface area contributed by atoms with Crippen molar-refractivity contribution in [3.8, 4) is 0 Å². The maximum Gasteiger partial charge on any atom is 0.186 e. The van der Waals surface area contributed by atoms with Gasteiger partial charge >= 0.3 is 0 Å². The Morgan fingerprint density at radius 3 is 2.55 bits per heavy atom. The molecular weight excluding hydrogens is 405 g/mol. The van der Waals surface area contributed by atoms with Gasteiger partial charge in [0.05, 0.1) is 12.3 Å². The van der Waals surface area contributed by atoms with E-state index in [1.807, 2.05) is 6.07 Å². The molecule has 0 amide bonds. The van der Waals surface area contributed by atoms with E-state index in [1.165, 1.54) is 0 Å². The van der Waals surface area contributed by atoms with E-state index < -0.39 is 34.3 Å². The predicted molar refractivity (Wildman–Crippen MR) is 85.1 cm³/mol. The molecule has 120 valence electrons. The molecular formula is C14H16INO6. The lowest BCUT2D eigenvalue weighted by atomic mass is 9.81. The molecule has 7 nitrogen and oxygen atoms in total. The van der Waals surface area contributed by atoms with Crippen LogP contribution < -0.4 is 0 Å². The van der Waals surface area contributed by atoms with Gasteiger partial charge in [-0.2, -0.15) is 0 Å². The number of benzene rings is 1. The van der Waals surface area contributed by atoms with Crippen LogP contribution in [0.5, 0.6) is 0 Å². The number of hydrogen-bond acceptors (Lipinski definition) is 6. The van der Waals surface area contributed by atoms with Crippen LogP contribution in [0.2, 0.25) is 0 Å². The second kappa shape index (κ2) is 5.41. The highest BCUT2D eigenvalue weighted by Crippen LogP contribution is 2.45. The first-order valence-corrected chi connectivity index (χ1v) is 7.73. The van der Waals surface area contributed by atoms with E-state index in [1.54, 1.807) is 46.9 Å². The van der Waals surface area contributed by atoms with Crippen LogP contribution in [-0.4, -0.2) is 59.2 Å². The zero-order valence-corrected chi connectivity index (χ0v) is 13.5. The van der Waals surface area contributed by atoms with Crippen molar-refractivity contribution in [1.82, 2.24) is 4.98 Å². The predicted octanol–water partition coefficient (Wildman–Crippen LogP) is -0.451. The van der Waals surface area contributed by atoms with Crippen LogP contribution in [0, 0.1) is 0 Å². The van der Waals surface area contributed by atoms with Crippen LogP contribution in [-0.2, 0) is 10.3 Å². The number of fused-ring (bicyclic) bond motifs is 1. The molecule has 3 rings (SSSR count). The Morgan fingerprint density at radius 2 is 1.91 bits per heavy atom. The molecule has 2 heterocycles. The minimum atomic E-state index is -2.22. The Kier molecular flexibility index (Phi) is 3.96. The summed E-state index contributed by atoms with van der Waals surface area (Å²) in [5, 5.41) is 51.7. The van der Waals surface area contributed by atoms with Crippen molar-refractivity contribution in [3.63, 3.8) is 0 Å². The van der Waals surface area contributed by atoms with Gasteiger partial charge < -0.3 is 35.3 Å². The Morgan fingerprint density at radius 1 is 1.23 bits per heavy atom. The second-order valence-corrected chi connectivity index (χ2v) is 7.22. The minimum Gasteiger partial charge on any atom is -0.392 e. The largest absolute Gasteiger partial charge is 0.392 e. The van der Waals surface area contributed by atoms with Gasteiger partial charge in [0.2, 0.25) is 0 Å². The summed E-state index contributed by atoms with van der Waals surface area (Å²) in [5.74, 6) is 0. The molecule has 0 aliphatic carbocycles. The van der Waals surface area contributed by atoms with Gasteiger partial charge in [0.1, 0.15) is 12.2 Å². The first kappa shape index (κ1) is 16.1. The van der Waals surface area contributed by atoms with E-state index >= 15 is 0 Å². The Labute approximate surface area is 139 Å². The fraction of sp³-hybridized carbons (Fsp3) is 0.429. The summed E-state index contributed by atoms with van der Waals surface area (Å²) in [5.41, 5.74) is -1.39. The van der Waals surface area contributed by atoms with Gasteiger partial charge in [-0.3, -0.25) is 0 Å².